The molecule has 1 fully saturated rings. The molecule has 1 saturated heterocycles. The summed E-state index contributed by atoms with van der Waals surface area (Å²) in [4.78, 5) is 13.7. The number of carbonyl (C=O) groups excluding carboxylic acids is 1. The summed E-state index contributed by atoms with van der Waals surface area (Å²) in [5, 5.41) is 9.75. The summed E-state index contributed by atoms with van der Waals surface area (Å²) in [6, 6.07) is 5.73. The van der Waals surface area contributed by atoms with Crippen LogP contribution in [0.2, 0.25) is 0 Å². The van der Waals surface area contributed by atoms with Crippen molar-refractivity contribution in [1.82, 2.24) is 4.90 Å². The summed E-state index contributed by atoms with van der Waals surface area (Å²) in [7, 11) is 1.39. The molecule has 1 N–H and O–H groups in total. The number of likely N-dealkylation sites (tertiary alicyclic amines) is 1. The summed E-state index contributed by atoms with van der Waals surface area (Å²) in [5.41, 5.74) is 2.32. The van der Waals surface area contributed by atoms with Gasteiger partial charge in [-0.15, -0.1) is 0 Å². The van der Waals surface area contributed by atoms with Gasteiger partial charge in [-0.3, -0.25) is 9.69 Å². The summed E-state index contributed by atoms with van der Waals surface area (Å²) < 4.78 is 5.84. The first kappa shape index (κ1) is 14.5. The number of methoxy groups -OCH3 is 1. The molecule has 1 heterocycles. The van der Waals surface area contributed by atoms with Crippen molar-refractivity contribution in [1.29, 1.82) is 0 Å². The van der Waals surface area contributed by atoms with Crippen molar-refractivity contribution in [3.8, 4) is 0 Å². The van der Waals surface area contributed by atoms with Crippen molar-refractivity contribution in [2.45, 2.75) is 32.0 Å². The second-order valence-electron chi connectivity index (χ2n) is 4.93. The molecule has 0 saturated carbocycles. The van der Waals surface area contributed by atoms with Crippen LogP contribution in [0.1, 0.15) is 17.5 Å². The quantitative estimate of drug-likeness (QED) is 0.861. The van der Waals surface area contributed by atoms with Crippen LogP contribution >= 0.6 is 15.9 Å². The van der Waals surface area contributed by atoms with E-state index >= 15 is 0 Å². The first-order chi connectivity index (χ1) is 9.01. The Labute approximate surface area is 121 Å². The largest absolute Gasteiger partial charge is 0.468 e. The number of nitrogens with zero attached hydrogens (tertiary/aromatic N) is 1. The van der Waals surface area contributed by atoms with E-state index < -0.39 is 6.10 Å². The topological polar surface area (TPSA) is 49.8 Å². The van der Waals surface area contributed by atoms with Crippen LogP contribution in [0.5, 0.6) is 0 Å². The number of β-amino-alcohol motifs (C(OH)–C–C–N with tert-alkyl or cyclic N) is 1. The maximum Gasteiger partial charge on any atom is 0.323 e. The first-order valence-corrected chi connectivity index (χ1v) is 7.05. The summed E-state index contributed by atoms with van der Waals surface area (Å²) >= 11 is 3.44. The van der Waals surface area contributed by atoms with Gasteiger partial charge in [-0.1, -0.05) is 22.0 Å². The molecule has 0 unspecified atom stereocenters. The fourth-order valence-corrected chi connectivity index (χ4v) is 2.97. The van der Waals surface area contributed by atoms with Crippen molar-refractivity contribution in [2.24, 2.45) is 0 Å². The van der Waals surface area contributed by atoms with Crippen LogP contribution in [0.3, 0.4) is 0 Å². The zero-order valence-electron chi connectivity index (χ0n) is 11.1. The van der Waals surface area contributed by atoms with Gasteiger partial charge in [0.25, 0.3) is 0 Å². The third-order valence-corrected chi connectivity index (χ3v) is 4.03. The molecule has 5 heteroatoms. The van der Waals surface area contributed by atoms with Gasteiger partial charge in [0.15, 0.2) is 0 Å². The van der Waals surface area contributed by atoms with Crippen molar-refractivity contribution >= 4 is 21.9 Å². The predicted octanol–water partition coefficient (Wildman–Crippen LogP) is 1.87. The zero-order valence-corrected chi connectivity index (χ0v) is 12.7. The highest BCUT2D eigenvalue weighted by Gasteiger charge is 2.36. The maximum absolute atomic E-state index is 11.7. The zero-order chi connectivity index (χ0) is 14.0. The van der Waals surface area contributed by atoms with E-state index in [-0.39, 0.29) is 12.0 Å². The molecular weight excluding hydrogens is 310 g/mol. The summed E-state index contributed by atoms with van der Waals surface area (Å²) in [5.74, 6) is -0.272. The number of halogens is 1. The van der Waals surface area contributed by atoms with Crippen molar-refractivity contribution in [3.63, 3.8) is 0 Å². The van der Waals surface area contributed by atoms with E-state index in [1.165, 1.54) is 12.7 Å². The van der Waals surface area contributed by atoms with Gasteiger partial charge in [-0.25, -0.2) is 0 Å². The van der Waals surface area contributed by atoms with Gasteiger partial charge in [0.05, 0.1) is 13.2 Å². The van der Waals surface area contributed by atoms with Crippen LogP contribution in [0.4, 0.5) is 0 Å². The second-order valence-corrected chi connectivity index (χ2v) is 5.84. The van der Waals surface area contributed by atoms with Crippen LogP contribution in [0.25, 0.3) is 0 Å². The van der Waals surface area contributed by atoms with E-state index in [1.54, 1.807) is 0 Å². The van der Waals surface area contributed by atoms with Gasteiger partial charge >= 0.3 is 5.97 Å². The standard InChI is InChI=1S/C14H18BrNO3/c1-9-5-11(15)4-3-10(9)7-16-8-12(17)6-13(16)14(18)19-2/h3-5,12-13,17H,6-8H2,1-2H3/t12-,13-/m0/s1. The van der Waals surface area contributed by atoms with Gasteiger partial charge in [0.2, 0.25) is 0 Å². The number of benzene rings is 1. The van der Waals surface area contributed by atoms with E-state index in [2.05, 4.69) is 22.0 Å². The highest BCUT2D eigenvalue weighted by molar-refractivity contribution is 9.10. The fraction of sp³-hybridized carbons (Fsp3) is 0.500. The van der Waals surface area contributed by atoms with Crippen molar-refractivity contribution in [2.75, 3.05) is 13.7 Å². The van der Waals surface area contributed by atoms with E-state index in [1.807, 2.05) is 24.0 Å². The Morgan fingerprint density at radius 2 is 2.32 bits per heavy atom. The minimum absolute atomic E-state index is 0.272. The Kier molecular flexibility index (Phi) is 4.60. The molecule has 0 aliphatic carbocycles. The van der Waals surface area contributed by atoms with Crippen LogP contribution in [0, 0.1) is 6.92 Å². The van der Waals surface area contributed by atoms with Crippen LogP contribution in [-0.2, 0) is 16.1 Å². The highest BCUT2D eigenvalue weighted by Crippen LogP contribution is 2.24. The Hall–Kier alpha value is -0.910. The number of aryl methyl sites for hydroxylation is 1. The lowest BCUT2D eigenvalue weighted by Gasteiger charge is -2.22. The predicted molar refractivity (Wildman–Crippen MR) is 75.7 cm³/mol. The molecule has 1 aliphatic heterocycles. The molecule has 4 nitrogen and oxygen atoms in total. The maximum atomic E-state index is 11.7. The number of aliphatic hydroxyl groups is 1. The minimum Gasteiger partial charge on any atom is -0.468 e. The average molecular weight is 328 g/mol. The smallest absolute Gasteiger partial charge is 0.323 e. The molecule has 1 aromatic rings. The number of carbonyl (C=O) groups is 1. The van der Waals surface area contributed by atoms with Gasteiger partial charge < -0.3 is 9.84 Å². The number of rotatable bonds is 3. The number of ether oxygens (including phenoxy) is 1. The number of aliphatic hydroxyl groups excluding tert-OH is 1. The lowest BCUT2D eigenvalue weighted by atomic mass is 10.1. The lowest BCUT2D eigenvalue weighted by molar-refractivity contribution is -0.146. The Morgan fingerprint density at radius 3 is 2.95 bits per heavy atom. The molecule has 2 atom stereocenters. The summed E-state index contributed by atoms with van der Waals surface area (Å²) in [6.45, 7) is 3.20. The Balaban J connectivity index is 2.14. The summed E-state index contributed by atoms with van der Waals surface area (Å²) in [6.07, 6.45) is -0.0118. The Morgan fingerprint density at radius 1 is 1.58 bits per heavy atom. The molecule has 0 amide bonds. The molecule has 1 aromatic carbocycles. The van der Waals surface area contributed by atoms with E-state index in [9.17, 15) is 9.90 Å². The molecule has 104 valence electrons. The van der Waals surface area contributed by atoms with E-state index in [0.717, 1.165) is 10.0 Å². The van der Waals surface area contributed by atoms with Gasteiger partial charge in [0.1, 0.15) is 6.04 Å². The van der Waals surface area contributed by atoms with Gasteiger partial charge in [-0.05, 0) is 30.2 Å². The van der Waals surface area contributed by atoms with E-state index in [4.69, 9.17) is 4.74 Å². The van der Waals surface area contributed by atoms with Crippen LogP contribution in [-0.4, -0.2) is 41.8 Å². The van der Waals surface area contributed by atoms with Crippen LogP contribution < -0.4 is 0 Å². The molecule has 1 aliphatic rings. The molecule has 2 rings (SSSR count). The van der Waals surface area contributed by atoms with Crippen molar-refractivity contribution in [3.05, 3.63) is 33.8 Å². The highest BCUT2D eigenvalue weighted by atomic mass is 79.9. The molecule has 0 radical (unpaired) electrons. The lowest BCUT2D eigenvalue weighted by Crippen LogP contribution is -2.36. The third-order valence-electron chi connectivity index (χ3n) is 3.53. The molecular formula is C14H18BrNO3. The van der Waals surface area contributed by atoms with Gasteiger partial charge in [-0.2, -0.15) is 0 Å². The average Bonchev–Trinajstić information content (AvgIpc) is 2.73. The SMILES string of the molecule is COC(=O)[C@@H]1C[C@H](O)CN1Cc1ccc(Br)cc1C. The van der Waals surface area contributed by atoms with Crippen molar-refractivity contribution < 1.29 is 14.6 Å². The van der Waals surface area contributed by atoms with E-state index in [0.29, 0.717) is 19.5 Å². The molecule has 0 aromatic heterocycles. The second kappa shape index (κ2) is 6.03. The normalized spacial score (nSPS) is 23.6. The molecule has 0 spiro atoms. The third kappa shape index (κ3) is 3.35. The van der Waals surface area contributed by atoms with Crippen LogP contribution in [0.15, 0.2) is 22.7 Å². The number of hydrogen-bond donors (Lipinski definition) is 1. The molecule has 19 heavy (non-hydrogen) atoms. The number of hydrogen-bond acceptors (Lipinski definition) is 4. The number of esters is 1. The minimum atomic E-state index is -0.458. The monoisotopic (exact) mass is 327 g/mol. The van der Waals surface area contributed by atoms with Gasteiger partial charge in [0, 0.05) is 24.0 Å². The molecule has 0 bridgehead atoms. The fourth-order valence-electron chi connectivity index (χ4n) is 2.49. The first-order valence-electron chi connectivity index (χ1n) is 6.26. The Bertz CT molecular complexity index is 478.